The molecule has 0 spiro atoms. The third kappa shape index (κ3) is 4.40. The molecule has 34 heavy (non-hydrogen) atoms. The smallest absolute Gasteiger partial charge is 0.251 e. The topological polar surface area (TPSA) is 75.9 Å². The summed E-state index contributed by atoms with van der Waals surface area (Å²) in [5.74, 6) is -0.227. The van der Waals surface area contributed by atoms with E-state index in [2.05, 4.69) is 20.8 Å². The number of amides is 1. The Balaban J connectivity index is 1.47. The minimum atomic E-state index is -0.364. The van der Waals surface area contributed by atoms with Gasteiger partial charge in [0.2, 0.25) is 5.91 Å². The average molecular weight is 475 g/mol. The van der Waals surface area contributed by atoms with Crippen molar-refractivity contribution in [1.82, 2.24) is 25.5 Å². The molecule has 0 fully saturated rings. The summed E-state index contributed by atoms with van der Waals surface area (Å²) < 4.78 is 15.6. The molecule has 0 bridgehead atoms. The molecule has 1 aromatic heterocycles. The molecule has 9 heteroatoms. The van der Waals surface area contributed by atoms with E-state index in [1.807, 2.05) is 48.5 Å². The number of anilines is 1. The van der Waals surface area contributed by atoms with Crippen LogP contribution >= 0.6 is 11.6 Å². The second kappa shape index (κ2) is 9.44. The summed E-state index contributed by atoms with van der Waals surface area (Å²) in [5, 5.41) is 15.7. The summed E-state index contributed by atoms with van der Waals surface area (Å²) in [6.07, 6.45) is 2.02. The summed E-state index contributed by atoms with van der Waals surface area (Å²) in [6.45, 7) is 0.0295. The van der Waals surface area contributed by atoms with Crippen LogP contribution in [0, 0.1) is 5.82 Å². The zero-order chi connectivity index (χ0) is 23.5. The van der Waals surface area contributed by atoms with Crippen molar-refractivity contribution >= 4 is 29.2 Å². The lowest BCUT2D eigenvalue weighted by molar-refractivity contribution is -0.119. The van der Waals surface area contributed by atoms with Crippen LogP contribution < -0.4 is 10.2 Å². The van der Waals surface area contributed by atoms with E-state index in [1.165, 1.54) is 6.07 Å². The van der Waals surface area contributed by atoms with Gasteiger partial charge in [0.05, 0.1) is 5.70 Å². The normalized spacial score (nSPS) is 14.9. The predicted molar refractivity (Wildman–Crippen MR) is 127 cm³/mol. The van der Waals surface area contributed by atoms with E-state index in [-0.39, 0.29) is 30.9 Å². The van der Waals surface area contributed by atoms with E-state index in [9.17, 15) is 9.18 Å². The summed E-state index contributed by atoms with van der Waals surface area (Å²) in [7, 11) is 0. The number of aromatic nitrogens is 4. The minimum Gasteiger partial charge on any atom is -0.350 e. The van der Waals surface area contributed by atoms with Gasteiger partial charge in [0.15, 0.2) is 0 Å². The van der Waals surface area contributed by atoms with Gasteiger partial charge in [-0.25, -0.2) is 4.39 Å². The Hall–Kier alpha value is -4.04. The van der Waals surface area contributed by atoms with Crippen LogP contribution in [0.5, 0.6) is 0 Å². The number of tetrazole rings is 1. The Morgan fingerprint density at radius 3 is 2.50 bits per heavy atom. The Morgan fingerprint density at radius 2 is 1.74 bits per heavy atom. The number of benzene rings is 3. The van der Waals surface area contributed by atoms with Gasteiger partial charge < -0.3 is 5.32 Å². The lowest BCUT2D eigenvalue weighted by atomic mass is 10.0. The van der Waals surface area contributed by atoms with E-state index in [0.29, 0.717) is 16.5 Å². The van der Waals surface area contributed by atoms with Gasteiger partial charge in [0.1, 0.15) is 18.4 Å². The van der Waals surface area contributed by atoms with Crippen LogP contribution in [0.25, 0.3) is 5.70 Å². The van der Waals surface area contributed by atoms with Crippen molar-refractivity contribution in [3.05, 3.63) is 112 Å². The van der Waals surface area contributed by atoms with E-state index in [1.54, 1.807) is 39.9 Å². The molecule has 0 unspecified atom stereocenters. The number of rotatable bonds is 6. The number of carbonyl (C=O) groups is 1. The van der Waals surface area contributed by atoms with Gasteiger partial charge in [-0.05, 0) is 45.8 Å². The largest absolute Gasteiger partial charge is 0.350 e. The molecule has 1 aliphatic heterocycles. The summed E-state index contributed by atoms with van der Waals surface area (Å²) in [5.41, 5.74) is 3.05. The number of nitrogens with one attached hydrogen (secondary N) is 1. The second-order valence-electron chi connectivity index (χ2n) is 7.79. The van der Waals surface area contributed by atoms with Crippen molar-refractivity contribution in [2.75, 3.05) is 11.4 Å². The van der Waals surface area contributed by atoms with Crippen molar-refractivity contribution in [1.29, 1.82) is 0 Å². The molecule has 1 N–H and O–H groups in total. The highest BCUT2D eigenvalue weighted by Gasteiger charge is 2.31. The Bertz CT molecular complexity index is 1340. The van der Waals surface area contributed by atoms with Crippen LogP contribution in [0.4, 0.5) is 10.3 Å². The van der Waals surface area contributed by atoms with Gasteiger partial charge in [-0.3, -0.25) is 9.69 Å². The molecule has 1 amide bonds. The minimum absolute atomic E-state index is 0.0508. The standard InChI is InChI=1S/C25H20ClFN6O/c26-20-12-10-18(11-13-20)22-14-23(17-6-2-1-3-7-17)33-25(29-30-31-33)32(22)16-24(34)28-15-19-8-4-5-9-21(19)27/h1-14,23H,15-16H2,(H,28,34)/t23-/m1/s1. The van der Waals surface area contributed by atoms with Gasteiger partial charge in [-0.1, -0.05) is 77.4 Å². The lowest BCUT2D eigenvalue weighted by Crippen LogP contribution is -2.40. The Morgan fingerprint density at radius 1 is 1.00 bits per heavy atom. The van der Waals surface area contributed by atoms with Crippen LogP contribution in [0.2, 0.25) is 5.02 Å². The molecular weight excluding hydrogens is 455 g/mol. The van der Waals surface area contributed by atoms with Gasteiger partial charge in [-0.15, -0.1) is 0 Å². The van der Waals surface area contributed by atoms with Gasteiger partial charge in [-0.2, -0.15) is 4.68 Å². The Kier molecular flexibility index (Phi) is 6.05. The van der Waals surface area contributed by atoms with Crippen molar-refractivity contribution < 1.29 is 9.18 Å². The molecule has 5 rings (SSSR count). The third-order valence-electron chi connectivity index (χ3n) is 5.60. The SMILES string of the molecule is O=C(CN1C(c2ccc(Cl)cc2)=C[C@H](c2ccccc2)n2nnnc21)NCc1ccccc1F. The van der Waals surface area contributed by atoms with Crippen LogP contribution in [0.15, 0.2) is 84.9 Å². The molecule has 1 atom stereocenters. The van der Waals surface area contributed by atoms with Gasteiger partial charge >= 0.3 is 0 Å². The van der Waals surface area contributed by atoms with Crippen LogP contribution in [-0.2, 0) is 11.3 Å². The first-order chi connectivity index (χ1) is 16.6. The maximum atomic E-state index is 14.0. The van der Waals surface area contributed by atoms with Crippen LogP contribution in [0.3, 0.4) is 0 Å². The predicted octanol–water partition coefficient (Wildman–Crippen LogP) is 4.23. The molecule has 0 aliphatic carbocycles. The number of nitrogens with zero attached hydrogens (tertiary/aromatic N) is 5. The fourth-order valence-electron chi connectivity index (χ4n) is 3.92. The molecule has 4 aromatic rings. The summed E-state index contributed by atoms with van der Waals surface area (Å²) in [4.78, 5) is 14.7. The number of fused-ring (bicyclic) bond motifs is 1. The number of carbonyl (C=O) groups excluding carboxylic acids is 1. The average Bonchev–Trinajstić information content (AvgIpc) is 3.35. The zero-order valence-corrected chi connectivity index (χ0v) is 18.7. The maximum absolute atomic E-state index is 14.0. The first kappa shape index (κ1) is 21.8. The highest BCUT2D eigenvalue weighted by molar-refractivity contribution is 6.30. The van der Waals surface area contributed by atoms with Crippen molar-refractivity contribution in [3.8, 4) is 0 Å². The number of hydrogen-bond donors (Lipinski definition) is 1. The fourth-order valence-corrected chi connectivity index (χ4v) is 4.04. The fraction of sp³-hybridized carbons (Fsp3) is 0.120. The Labute approximate surface area is 200 Å². The number of allylic oxidation sites excluding steroid dienone is 1. The second-order valence-corrected chi connectivity index (χ2v) is 8.23. The first-order valence-corrected chi connectivity index (χ1v) is 11.1. The monoisotopic (exact) mass is 474 g/mol. The summed E-state index contributed by atoms with van der Waals surface area (Å²) in [6, 6.07) is 23.3. The molecule has 1 aliphatic rings. The molecule has 170 valence electrons. The van der Waals surface area contributed by atoms with Crippen molar-refractivity contribution in [2.45, 2.75) is 12.6 Å². The van der Waals surface area contributed by atoms with Crippen LogP contribution in [-0.4, -0.2) is 32.7 Å². The first-order valence-electron chi connectivity index (χ1n) is 10.7. The van der Waals surface area contributed by atoms with Gasteiger partial charge in [0, 0.05) is 17.1 Å². The molecule has 0 saturated heterocycles. The molecule has 2 heterocycles. The quantitative estimate of drug-likeness (QED) is 0.452. The van der Waals surface area contributed by atoms with Crippen molar-refractivity contribution in [2.24, 2.45) is 0 Å². The molecule has 0 saturated carbocycles. The molecule has 7 nitrogen and oxygen atoms in total. The highest BCUT2D eigenvalue weighted by atomic mass is 35.5. The van der Waals surface area contributed by atoms with Crippen molar-refractivity contribution in [3.63, 3.8) is 0 Å². The zero-order valence-electron chi connectivity index (χ0n) is 18.0. The number of hydrogen-bond acceptors (Lipinski definition) is 5. The number of halogens is 2. The summed E-state index contributed by atoms with van der Waals surface area (Å²) >= 11 is 6.11. The van der Waals surface area contributed by atoms with E-state index >= 15 is 0 Å². The molecular formula is C25H20ClFN6O. The molecule has 0 radical (unpaired) electrons. The highest BCUT2D eigenvalue weighted by Crippen LogP contribution is 2.36. The van der Waals surface area contributed by atoms with Gasteiger partial charge in [0.25, 0.3) is 5.95 Å². The lowest BCUT2D eigenvalue weighted by Gasteiger charge is -2.32. The maximum Gasteiger partial charge on any atom is 0.251 e. The third-order valence-corrected chi connectivity index (χ3v) is 5.86. The molecule has 3 aromatic carbocycles. The van der Waals surface area contributed by atoms with E-state index in [4.69, 9.17) is 11.6 Å². The van der Waals surface area contributed by atoms with E-state index in [0.717, 1.165) is 16.8 Å². The van der Waals surface area contributed by atoms with E-state index < -0.39 is 0 Å². The van der Waals surface area contributed by atoms with Crippen LogP contribution in [0.1, 0.15) is 22.7 Å².